The Kier molecular flexibility index (Phi) is 5.95. The lowest BCUT2D eigenvalue weighted by Gasteiger charge is -2.35. The van der Waals surface area contributed by atoms with Crippen LogP contribution >= 0.6 is 0 Å². The van der Waals surface area contributed by atoms with E-state index in [9.17, 15) is 4.39 Å². The number of nitrogens with one attached hydrogen (secondary N) is 1. The second kappa shape index (κ2) is 7.01. The molecule has 1 aromatic carbocycles. The van der Waals surface area contributed by atoms with Crippen LogP contribution in [0.2, 0.25) is 0 Å². The summed E-state index contributed by atoms with van der Waals surface area (Å²) in [6, 6.07) is 5.13. The smallest absolute Gasteiger partial charge is 0.123 e. The third-order valence-electron chi connectivity index (χ3n) is 3.54. The largest absolute Gasteiger partial charge is 0.374 e. The van der Waals surface area contributed by atoms with Crippen LogP contribution in [0.4, 0.5) is 4.39 Å². The van der Waals surface area contributed by atoms with Crippen molar-refractivity contribution in [3.8, 4) is 0 Å². The van der Waals surface area contributed by atoms with Crippen molar-refractivity contribution in [1.29, 1.82) is 0 Å². The van der Waals surface area contributed by atoms with Gasteiger partial charge in [0.05, 0.1) is 5.60 Å². The molecule has 0 aliphatic heterocycles. The predicted molar refractivity (Wildman–Crippen MR) is 78.0 cm³/mol. The third kappa shape index (κ3) is 4.59. The summed E-state index contributed by atoms with van der Waals surface area (Å²) in [7, 11) is 0. The molecule has 1 unspecified atom stereocenters. The first kappa shape index (κ1) is 16.1. The fourth-order valence-corrected chi connectivity index (χ4v) is 2.36. The minimum Gasteiger partial charge on any atom is -0.374 e. The van der Waals surface area contributed by atoms with Crippen LogP contribution < -0.4 is 5.32 Å². The number of likely N-dealkylation sites (N-methyl/N-ethyl adjacent to an activating group) is 1. The molecule has 0 heterocycles. The Balaban J connectivity index is 2.92. The van der Waals surface area contributed by atoms with Gasteiger partial charge in [0.2, 0.25) is 0 Å². The molecule has 0 aromatic heterocycles. The molecule has 0 aliphatic carbocycles. The van der Waals surface area contributed by atoms with Crippen molar-refractivity contribution >= 4 is 0 Å². The van der Waals surface area contributed by atoms with Crippen LogP contribution in [0.15, 0.2) is 18.2 Å². The number of aryl methyl sites for hydroxylation is 1. The number of hydrogen-bond donors (Lipinski definition) is 1. The summed E-state index contributed by atoms with van der Waals surface area (Å²) < 4.78 is 19.2. The topological polar surface area (TPSA) is 21.3 Å². The maximum atomic E-state index is 13.4. The van der Waals surface area contributed by atoms with Gasteiger partial charge in [-0.05, 0) is 63.9 Å². The summed E-state index contributed by atoms with van der Waals surface area (Å²) in [5.41, 5.74) is 1.89. The minimum atomic E-state index is -0.274. The third-order valence-corrected chi connectivity index (χ3v) is 3.54. The molecule has 0 amide bonds. The van der Waals surface area contributed by atoms with E-state index < -0.39 is 0 Å². The van der Waals surface area contributed by atoms with Crippen molar-refractivity contribution in [1.82, 2.24) is 5.32 Å². The molecule has 1 atom stereocenters. The van der Waals surface area contributed by atoms with Crippen LogP contribution in [0.25, 0.3) is 0 Å². The Morgan fingerprint density at radius 1 is 1.32 bits per heavy atom. The molecule has 0 saturated carbocycles. The quantitative estimate of drug-likeness (QED) is 0.816. The zero-order chi connectivity index (χ0) is 14.5. The van der Waals surface area contributed by atoms with Gasteiger partial charge in [-0.25, -0.2) is 4.39 Å². The summed E-state index contributed by atoms with van der Waals surface area (Å²) in [5.74, 6) is -0.176. The van der Waals surface area contributed by atoms with Gasteiger partial charge < -0.3 is 10.1 Å². The molecule has 0 radical (unpaired) electrons. The molecule has 0 saturated heterocycles. The second-order valence-electron chi connectivity index (χ2n) is 5.42. The molecule has 3 heteroatoms. The van der Waals surface area contributed by atoms with Gasteiger partial charge in [0, 0.05) is 12.6 Å². The molecule has 1 rings (SSSR count). The van der Waals surface area contributed by atoms with E-state index in [0.29, 0.717) is 6.61 Å². The SMILES string of the molecule is CCNC(Cc1cc(F)ccc1C)C(C)(C)OCC. The van der Waals surface area contributed by atoms with E-state index in [4.69, 9.17) is 4.74 Å². The molecule has 19 heavy (non-hydrogen) atoms. The Morgan fingerprint density at radius 2 is 2.00 bits per heavy atom. The van der Waals surface area contributed by atoms with Gasteiger partial charge in [0.15, 0.2) is 0 Å². The number of rotatable bonds is 7. The second-order valence-corrected chi connectivity index (χ2v) is 5.42. The first-order valence-corrected chi connectivity index (χ1v) is 7.03. The fraction of sp³-hybridized carbons (Fsp3) is 0.625. The number of hydrogen-bond acceptors (Lipinski definition) is 2. The first-order valence-electron chi connectivity index (χ1n) is 7.03. The van der Waals surface area contributed by atoms with Crippen LogP contribution in [-0.4, -0.2) is 24.8 Å². The van der Waals surface area contributed by atoms with Crippen molar-refractivity contribution in [3.05, 3.63) is 35.1 Å². The lowest BCUT2D eigenvalue weighted by Crippen LogP contribution is -2.50. The van der Waals surface area contributed by atoms with E-state index >= 15 is 0 Å². The summed E-state index contributed by atoms with van der Waals surface area (Å²) in [6.07, 6.45) is 0.768. The van der Waals surface area contributed by atoms with Crippen molar-refractivity contribution < 1.29 is 9.13 Å². The maximum absolute atomic E-state index is 13.4. The molecule has 0 bridgehead atoms. The van der Waals surface area contributed by atoms with Crippen LogP contribution in [0.1, 0.15) is 38.8 Å². The highest BCUT2D eigenvalue weighted by molar-refractivity contribution is 5.27. The highest BCUT2D eigenvalue weighted by Gasteiger charge is 2.29. The monoisotopic (exact) mass is 267 g/mol. The number of ether oxygens (including phenoxy) is 1. The van der Waals surface area contributed by atoms with Gasteiger partial charge in [-0.1, -0.05) is 13.0 Å². The Hall–Kier alpha value is -0.930. The van der Waals surface area contributed by atoms with Gasteiger partial charge >= 0.3 is 0 Å². The maximum Gasteiger partial charge on any atom is 0.123 e. The van der Waals surface area contributed by atoms with Gasteiger partial charge in [-0.2, -0.15) is 0 Å². The molecule has 0 fully saturated rings. The zero-order valence-electron chi connectivity index (χ0n) is 12.7. The van der Waals surface area contributed by atoms with Crippen molar-refractivity contribution in [2.75, 3.05) is 13.2 Å². The molecule has 108 valence electrons. The number of benzene rings is 1. The van der Waals surface area contributed by atoms with E-state index in [1.54, 1.807) is 6.07 Å². The van der Waals surface area contributed by atoms with E-state index in [-0.39, 0.29) is 17.5 Å². The molecular weight excluding hydrogens is 241 g/mol. The van der Waals surface area contributed by atoms with E-state index in [2.05, 4.69) is 26.1 Å². The van der Waals surface area contributed by atoms with Crippen molar-refractivity contribution in [2.45, 2.75) is 52.7 Å². The molecule has 1 N–H and O–H groups in total. The van der Waals surface area contributed by atoms with Crippen molar-refractivity contribution in [2.24, 2.45) is 0 Å². The van der Waals surface area contributed by atoms with Crippen LogP contribution in [0.5, 0.6) is 0 Å². The summed E-state index contributed by atoms with van der Waals surface area (Å²) >= 11 is 0. The van der Waals surface area contributed by atoms with Crippen LogP contribution in [0, 0.1) is 12.7 Å². The van der Waals surface area contributed by atoms with Gasteiger partial charge in [0.25, 0.3) is 0 Å². The summed E-state index contributed by atoms with van der Waals surface area (Å²) in [5, 5.41) is 3.46. The van der Waals surface area contributed by atoms with Gasteiger partial charge in [-0.15, -0.1) is 0 Å². The lowest BCUT2D eigenvalue weighted by molar-refractivity contribution is -0.0377. The Labute approximate surface area is 116 Å². The molecular formula is C16H26FNO. The Bertz CT molecular complexity index is 404. The average molecular weight is 267 g/mol. The number of halogens is 1. The van der Waals surface area contributed by atoms with Crippen LogP contribution in [-0.2, 0) is 11.2 Å². The van der Waals surface area contributed by atoms with Gasteiger partial charge in [0.1, 0.15) is 5.82 Å². The standard InChI is InChI=1S/C16H26FNO/c1-6-18-15(16(4,5)19-7-2)11-13-10-14(17)9-8-12(13)3/h8-10,15,18H,6-7,11H2,1-5H3. The lowest BCUT2D eigenvalue weighted by atomic mass is 9.90. The normalized spacial score (nSPS) is 13.6. The fourth-order valence-electron chi connectivity index (χ4n) is 2.36. The zero-order valence-corrected chi connectivity index (χ0v) is 12.7. The first-order chi connectivity index (χ1) is 8.90. The molecule has 2 nitrogen and oxygen atoms in total. The highest BCUT2D eigenvalue weighted by atomic mass is 19.1. The molecule has 1 aromatic rings. The van der Waals surface area contributed by atoms with Crippen LogP contribution in [0.3, 0.4) is 0 Å². The van der Waals surface area contributed by atoms with E-state index in [1.165, 1.54) is 6.07 Å². The van der Waals surface area contributed by atoms with Gasteiger partial charge in [-0.3, -0.25) is 0 Å². The average Bonchev–Trinajstić information content (AvgIpc) is 2.33. The summed E-state index contributed by atoms with van der Waals surface area (Å²) in [6.45, 7) is 11.8. The molecule has 0 aliphatic rings. The van der Waals surface area contributed by atoms with E-state index in [1.807, 2.05) is 19.9 Å². The van der Waals surface area contributed by atoms with Crippen molar-refractivity contribution in [3.63, 3.8) is 0 Å². The predicted octanol–water partition coefficient (Wildman–Crippen LogP) is 3.47. The summed E-state index contributed by atoms with van der Waals surface area (Å²) in [4.78, 5) is 0. The van der Waals surface area contributed by atoms with E-state index in [0.717, 1.165) is 24.1 Å². The Morgan fingerprint density at radius 3 is 2.58 bits per heavy atom. The highest BCUT2D eigenvalue weighted by Crippen LogP contribution is 2.21. The molecule has 0 spiro atoms. The minimum absolute atomic E-state index is 0.165.